The summed E-state index contributed by atoms with van der Waals surface area (Å²) in [6.07, 6.45) is 1.81. The number of likely N-dealkylation sites (N-methyl/N-ethyl adjacent to an activating group) is 1. The lowest BCUT2D eigenvalue weighted by Crippen LogP contribution is -2.25. The summed E-state index contributed by atoms with van der Waals surface area (Å²) in [5, 5.41) is 12.9. The molecular formula is C17H22ClN3. The zero-order valence-electron chi connectivity index (χ0n) is 12.9. The number of aryl methyl sites for hydroxylation is 2. The highest BCUT2D eigenvalue weighted by Crippen LogP contribution is 2.22. The number of nitrogens with one attached hydrogen (secondary N) is 1. The van der Waals surface area contributed by atoms with E-state index in [0.29, 0.717) is 0 Å². The van der Waals surface area contributed by atoms with Crippen LogP contribution in [0, 0.1) is 6.92 Å². The van der Waals surface area contributed by atoms with Gasteiger partial charge in [-0.25, -0.2) is 0 Å². The van der Waals surface area contributed by atoms with Crippen LogP contribution < -0.4 is 5.32 Å². The lowest BCUT2D eigenvalue weighted by molar-refractivity contribution is 0.540. The van der Waals surface area contributed by atoms with Crippen molar-refractivity contribution in [3.63, 3.8) is 0 Å². The summed E-state index contributed by atoms with van der Waals surface area (Å²) in [7, 11) is 0. The molecule has 112 valence electrons. The molecule has 0 fully saturated rings. The highest BCUT2D eigenvalue weighted by atomic mass is 35.5. The van der Waals surface area contributed by atoms with Crippen molar-refractivity contribution in [1.29, 1.82) is 0 Å². The van der Waals surface area contributed by atoms with Crippen LogP contribution in [0.5, 0.6) is 0 Å². The van der Waals surface area contributed by atoms with Crippen LogP contribution in [0.15, 0.2) is 30.3 Å². The van der Waals surface area contributed by atoms with E-state index in [2.05, 4.69) is 47.6 Å². The van der Waals surface area contributed by atoms with Gasteiger partial charge in [0.2, 0.25) is 0 Å². The first-order valence-electron chi connectivity index (χ1n) is 7.45. The maximum atomic E-state index is 5.96. The molecule has 0 saturated carbocycles. The van der Waals surface area contributed by atoms with Gasteiger partial charge in [0.05, 0.1) is 11.4 Å². The van der Waals surface area contributed by atoms with E-state index in [0.717, 1.165) is 35.8 Å². The number of halogens is 1. The SMILES string of the molecule is CCNC(Cc1ccc(Cl)cc1)c1cc(C)nnc1CC. The highest BCUT2D eigenvalue weighted by Gasteiger charge is 2.16. The van der Waals surface area contributed by atoms with Gasteiger partial charge in [0.15, 0.2) is 0 Å². The van der Waals surface area contributed by atoms with Gasteiger partial charge < -0.3 is 5.32 Å². The zero-order chi connectivity index (χ0) is 15.2. The zero-order valence-corrected chi connectivity index (χ0v) is 13.6. The molecule has 1 unspecified atom stereocenters. The summed E-state index contributed by atoms with van der Waals surface area (Å²) in [4.78, 5) is 0. The van der Waals surface area contributed by atoms with Crippen molar-refractivity contribution in [2.45, 2.75) is 39.7 Å². The maximum absolute atomic E-state index is 5.96. The summed E-state index contributed by atoms with van der Waals surface area (Å²) in [5.41, 5.74) is 4.55. The molecular weight excluding hydrogens is 282 g/mol. The van der Waals surface area contributed by atoms with Crippen LogP contribution in [-0.2, 0) is 12.8 Å². The molecule has 0 aliphatic rings. The normalized spacial score (nSPS) is 12.4. The Labute approximate surface area is 131 Å². The third-order valence-electron chi connectivity index (χ3n) is 3.54. The minimum absolute atomic E-state index is 0.250. The first kappa shape index (κ1) is 15.9. The molecule has 0 aliphatic carbocycles. The molecule has 0 radical (unpaired) electrons. The minimum atomic E-state index is 0.250. The Balaban J connectivity index is 2.30. The first-order valence-corrected chi connectivity index (χ1v) is 7.82. The van der Waals surface area contributed by atoms with E-state index in [1.807, 2.05) is 19.1 Å². The first-order chi connectivity index (χ1) is 10.1. The van der Waals surface area contributed by atoms with Gasteiger partial charge in [0.1, 0.15) is 0 Å². The number of hydrogen-bond donors (Lipinski definition) is 1. The van der Waals surface area contributed by atoms with E-state index < -0.39 is 0 Å². The van der Waals surface area contributed by atoms with Gasteiger partial charge in [0, 0.05) is 11.1 Å². The summed E-state index contributed by atoms with van der Waals surface area (Å²) in [5.74, 6) is 0. The fourth-order valence-corrected chi connectivity index (χ4v) is 2.63. The number of hydrogen-bond acceptors (Lipinski definition) is 3. The average molecular weight is 304 g/mol. The second-order valence-corrected chi connectivity index (χ2v) is 5.62. The van der Waals surface area contributed by atoms with Gasteiger partial charge in [0.25, 0.3) is 0 Å². The standard InChI is InChI=1S/C17H22ClN3/c1-4-16-15(10-12(3)20-21-16)17(19-5-2)11-13-6-8-14(18)9-7-13/h6-10,17,19H,4-5,11H2,1-3H3. The Morgan fingerprint density at radius 1 is 1.14 bits per heavy atom. The van der Waals surface area contributed by atoms with Crippen LogP contribution in [-0.4, -0.2) is 16.7 Å². The Hall–Kier alpha value is -1.45. The van der Waals surface area contributed by atoms with Crippen molar-refractivity contribution in [1.82, 2.24) is 15.5 Å². The van der Waals surface area contributed by atoms with E-state index in [-0.39, 0.29) is 6.04 Å². The fourth-order valence-electron chi connectivity index (χ4n) is 2.51. The van der Waals surface area contributed by atoms with Gasteiger partial charge in [-0.15, -0.1) is 0 Å². The summed E-state index contributed by atoms with van der Waals surface area (Å²) in [6.45, 7) is 7.15. The number of rotatable bonds is 6. The molecule has 4 heteroatoms. The largest absolute Gasteiger partial charge is 0.310 e. The quantitative estimate of drug-likeness (QED) is 0.879. The molecule has 0 spiro atoms. The summed E-state index contributed by atoms with van der Waals surface area (Å²) in [6, 6.07) is 10.4. The molecule has 2 rings (SSSR count). The van der Waals surface area contributed by atoms with Gasteiger partial charge >= 0.3 is 0 Å². The third kappa shape index (κ3) is 4.26. The van der Waals surface area contributed by atoms with Crippen LogP contribution in [0.25, 0.3) is 0 Å². The predicted octanol–water partition coefficient (Wildman–Crippen LogP) is 3.89. The Bertz CT molecular complexity index is 581. The smallest absolute Gasteiger partial charge is 0.0676 e. The molecule has 21 heavy (non-hydrogen) atoms. The number of aromatic nitrogens is 2. The summed E-state index contributed by atoms with van der Waals surface area (Å²) >= 11 is 5.96. The molecule has 1 aromatic carbocycles. The third-order valence-corrected chi connectivity index (χ3v) is 3.79. The van der Waals surface area contributed by atoms with E-state index in [4.69, 9.17) is 11.6 Å². The lowest BCUT2D eigenvalue weighted by atomic mass is 9.96. The molecule has 1 aromatic heterocycles. The van der Waals surface area contributed by atoms with Gasteiger partial charge in [-0.2, -0.15) is 10.2 Å². The minimum Gasteiger partial charge on any atom is -0.310 e. The molecule has 1 N–H and O–H groups in total. The van der Waals surface area contributed by atoms with E-state index in [1.54, 1.807) is 0 Å². The molecule has 0 saturated heterocycles. The van der Waals surface area contributed by atoms with Crippen LogP contribution in [0.1, 0.15) is 42.4 Å². The monoisotopic (exact) mass is 303 g/mol. The van der Waals surface area contributed by atoms with Crippen molar-refractivity contribution in [3.8, 4) is 0 Å². The van der Waals surface area contributed by atoms with Crippen LogP contribution in [0.3, 0.4) is 0 Å². The molecule has 2 aromatic rings. The van der Waals surface area contributed by atoms with E-state index >= 15 is 0 Å². The van der Waals surface area contributed by atoms with Crippen molar-refractivity contribution in [2.75, 3.05) is 6.54 Å². The number of benzene rings is 1. The Kier molecular flexibility index (Phi) is 5.71. The molecule has 0 aliphatic heterocycles. The predicted molar refractivity (Wildman–Crippen MR) is 87.7 cm³/mol. The molecule has 1 atom stereocenters. The van der Waals surface area contributed by atoms with Gasteiger partial charge in [-0.1, -0.05) is 37.6 Å². The summed E-state index contributed by atoms with van der Waals surface area (Å²) < 4.78 is 0. The Morgan fingerprint density at radius 2 is 1.86 bits per heavy atom. The van der Waals surface area contributed by atoms with Crippen molar-refractivity contribution in [3.05, 3.63) is 57.9 Å². The Morgan fingerprint density at radius 3 is 2.48 bits per heavy atom. The van der Waals surface area contributed by atoms with Crippen molar-refractivity contribution >= 4 is 11.6 Å². The van der Waals surface area contributed by atoms with E-state index in [9.17, 15) is 0 Å². The van der Waals surface area contributed by atoms with Crippen molar-refractivity contribution < 1.29 is 0 Å². The number of nitrogens with zero attached hydrogens (tertiary/aromatic N) is 2. The fraction of sp³-hybridized carbons (Fsp3) is 0.412. The molecule has 0 bridgehead atoms. The second-order valence-electron chi connectivity index (χ2n) is 5.18. The van der Waals surface area contributed by atoms with Crippen LogP contribution in [0.2, 0.25) is 5.02 Å². The second kappa shape index (κ2) is 7.53. The van der Waals surface area contributed by atoms with Crippen LogP contribution >= 0.6 is 11.6 Å². The van der Waals surface area contributed by atoms with Crippen LogP contribution in [0.4, 0.5) is 0 Å². The lowest BCUT2D eigenvalue weighted by Gasteiger charge is -2.21. The van der Waals surface area contributed by atoms with Gasteiger partial charge in [-0.05, 0) is 55.6 Å². The maximum Gasteiger partial charge on any atom is 0.0676 e. The van der Waals surface area contributed by atoms with E-state index in [1.165, 1.54) is 11.1 Å². The molecule has 3 nitrogen and oxygen atoms in total. The molecule has 0 amide bonds. The average Bonchev–Trinajstić information content (AvgIpc) is 2.49. The van der Waals surface area contributed by atoms with Gasteiger partial charge in [-0.3, -0.25) is 0 Å². The topological polar surface area (TPSA) is 37.8 Å². The van der Waals surface area contributed by atoms with Crippen molar-refractivity contribution in [2.24, 2.45) is 0 Å². The molecule has 1 heterocycles. The highest BCUT2D eigenvalue weighted by molar-refractivity contribution is 6.30.